The zero-order valence-electron chi connectivity index (χ0n) is 9.75. The molecule has 96 valence electrons. The molecule has 0 saturated carbocycles. The van der Waals surface area contributed by atoms with Crippen LogP contribution in [0.25, 0.3) is 0 Å². The molecule has 1 aromatic rings. The lowest BCUT2D eigenvalue weighted by molar-refractivity contribution is -0.137. The summed E-state index contributed by atoms with van der Waals surface area (Å²) >= 11 is 0. The van der Waals surface area contributed by atoms with Crippen LogP contribution in [-0.2, 0) is 14.6 Å². The van der Waals surface area contributed by atoms with Gasteiger partial charge in [-0.1, -0.05) is 11.8 Å². The molecule has 0 bridgehead atoms. The maximum absolute atomic E-state index is 11.1. The lowest BCUT2D eigenvalue weighted by Crippen LogP contribution is -2.03. The van der Waals surface area contributed by atoms with E-state index in [1.54, 1.807) is 0 Å². The molecule has 0 saturated heterocycles. The van der Waals surface area contributed by atoms with Crippen molar-refractivity contribution in [2.75, 3.05) is 6.26 Å². The number of aromatic nitrogens is 2. The van der Waals surface area contributed by atoms with E-state index in [9.17, 15) is 13.2 Å². The molecule has 0 unspecified atom stereocenters. The Morgan fingerprint density at radius 2 is 2.00 bits per heavy atom. The number of rotatable bonds is 4. The van der Waals surface area contributed by atoms with Gasteiger partial charge in [-0.25, -0.2) is 18.4 Å². The number of aliphatic carboxylic acids is 1. The van der Waals surface area contributed by atoms with Crippen LogP contribution in [0.1, 0.15) is 24.8 Å². The van der Waals surface area contributed by atoms with Crippen molar-refractivity contribution in [1.82, 2.24) is 9.97 Å². The summed E-state index contributed by atoms with van der Waals surface area (Å²) in [6, 6.07) is 0. The normalized spacial score (nSPS) is 10.5. The topological polar surface area (TPSA) is 97.2 Å². The molecule has 0 fully saturated rings. The molecule has 1 rings (SSSR count). The first kappa shape index (κ1) is 14.1. The highest BCUT2D eigenvalue weighted by molar-refractivity contribution is 7.90. The minimum absolute atomic E-state index is 0.0815. The SMILES string of the molecule is CS(=O)(=O)c1ncc(C#CCCCC(=O)O)cn1. The number of carboxylic acid groups (broad SMARTS) is 1. The van der Waals surface area contributed by atoms with Gasteiger partial charge in [0, 0.05) is 31.5 Å². The Hall–Kier alpha value is -1.94. The number of nitrogens with zero attached hydrogens (tertiary/aromatic N) is 2. The van der Waals surface area contributed by atoms with Gasteiger partial charge in [-0.2, -0.15) is 0 Å². The summed E-state index contributed by atoms with van der Waals surface area (Å²) in [6.45, 7) is 0. The fourth-order valence-corrected chi connectivity index (χ4v) is 1.55. The van der Waals surface area contributed by atoms with Gasteiger partial charge in [0.1, 0.15) is 0 Å². The molecule has 0 aliphatic carbocycles. The van der Waals surface area contributed by atoms with Crippen molar-refractivity contribution < 1.29 is 18.3 Å². The summed E-state index contributed by atoms with van der Waals surface area (Å²) < 4.78 is 22.2. The summed E-state index contributed by atoms with van der Waals surface area (Å²) in [5.74, 6) is 4.66. The Morgan fingerprint density at radius 3 is 2.50 bits per heavy atom. The predicted octanol–water partition coefficient (Wildman–Crippen LogP) is 0.487. The van der Waals surface area contributed by atoms with Crippen LogP contribution in [0.15, 0.2) is 17.6 Å². The smallest absolute Gasteiger partial charge is 0.303 e. The third-order valence-corrected chi connectivity index (χ3v) is 2.76. The van der Waals surface area contributed by atoms with Crippen LogP contribution in [0.5, 0.6) is 0 Å². The number of hydrogen-bond acceptors (Lipinski definition) is 5. The van der Waals surface area contributed by atoms with E-state index in [1.807, 2.05) is 0 Å². The van der Waals surface area contributed by atoms with Gasteiger partial charge in [0.15, 0.2) is 0 Å². The Bertz CT molecular complexity index is 582. The summed E-state index contributed by atoms with van der Waals surface area (Å²) in [6.07, 6.45) is 4.70. The maximum Gasteiger partial charge on any atom is 0.303 e. The standard InChI is InChI=1S/C11H12N2O4S/c1-18(16,17)11-12-7-9(8-13-11)5-3-2-4-6-10(14)15/h7-8H,2,4,6H2,1H3,(H,14,15). The molecule has 6 nitrogen and oxygen atoms in total. The second kappa shape index (κ2) is 6.12. The van der Waals surface area contributed by atoms with Crippen LogP contribution in [0.3, 0.4) is 0 Å². The summed E-state index contributed by atoms with van der Waals surface area (Å²) in [7, 11) is -3.39. The molecule has 0 radical (unpaired) electrons. The second-order valence-electron chi connectivity index (χ2n) is 3.58. The van der Waals surface area contributed by atoms with Crippen molar-refractivity contribution in [3.05, 3.63) is 18.0 Å². The summed E-state index contributed by atoms with van der Waals surface area (Å²) in [4.78, 5) is 17.6. The zero-order valence-corrected chi connectivity index (χ0v) is 10.6. The van der Waals surface area contributed by atoms with Crippen molar-refractivity contribution in [2.45, 2.75) is 24.4 Å². The van der Waals surface area contributed by atoms with Gasteiger partial charge < -0.3 is 5.11 Å². The Kier molecular flexibility index (Phi) is 4.80. The van der Waals surface area contributed by atoms with E-state index in [4.69, 9.17) is 5.11 Å². The van der Waals surface area contributed by atoms with E-state index in [1.165, 1.54) is 12.4 Å². The first-order valence-corrected chi connectivity index (χ1v) is 7.01. The van der Waals surface area contributed by atoms with Gasteiger partial charge in [-0.15, -0.1) is 0 Å². The van der Waals surface area contributed by atoms with Crippen LogP contribution >= 0.6 is 0 Å². The van der Waals surface area contributed by atoms with E-state index in [-0.39, 0.29) is 11.6 Å². The molecule has 0 aromatic carbocycles. The van der Waals surface area contributed by atoms with Crippen molar-refractivity contribution in [1.29, 1.82) is 0 Å². The third kappa shape index (κ3) is 4.93. The molecule has 0 atom stereocenters. The number of carboxylic acids is 1. The molecule has 1 heterocycles. The predicted molar refractivity (Wildman–Crippen MR) is 63.5 cm³/mol. The number of carbonyl (C=O) groups is 1. The zero-order chi connectivity index (χ0) is 13.6. The van der Waals surface area contributed by atoms with Crippen molar-refractivity contribution >= 4 is 15.8 Å². The second-order valence-corrected chi connectivity index (χ2v) is 5.49. The van der Waals surface area contributed by atoms with Gasteiger partial charge in [-0.05, 0) is 6.42 Å². The molecule has 0 spiro atoms. The third-order valence-electron chi connectivity index (χ3n) is 1.88. The van der Waals surface area contributed by atoms with Crippen LogP contribution in [0.4, 0.5) is 0 Å². The number of unbranched alkanes of at least 4 members (excludes halogenated alkanes) is 1. The Balaban J connectivity index is 2.59. The first-order valence-electron chi connectivity index (χ1n) is 5.12. The highest BCUT2D eigenvalue weighted by Crippen LogP contribution is 2.01. The average molecular weight is 268 g/mol. The Morgan fingerprint density at radius 1 is 1.39 bits per heavy atom. The Labute approximate surface area is 105 Å². The molecule has 18 heavy (non-hydrogen) atoms. The van der Waals surface area contributed by atoms with Gasteiger partial charge in [-0.3, -0.25) is 4.79 Å². The number of hydrogen-bond donors (Lipinski definition) is 1. The van der Waals surface area contributed by atoms with E-state index >= 15 is 0 Å². The van der Waals surface area contributed by atoms with E-state index in [2.05, 4.69) is 21.8 Å². The lowest BCUT2D eigenvalue weighted by Gasteiger charge is -1.95. The molecule has 0 aliphatic heterocycles. The van der Waals surface area contributed by atoms with Gasteiger partial charge in [0.25, 0.3) is 0 Å². The maximum atomic E-state index is 11.1. The van der Waals surface area contributed by atoms with E-state index in [0.717, 1.165) is 6.26 Å². The minimum atomic E-state index is -3.39. The molecular formula is C11H12N2O4S. The van der Waals surface area contributed by atoms with Crippen molar-refractivity contribution in [3.63, 3.8) is 0 Å². The average Bonchev–Trinajstić information content (AvgIpc) is 2.27. The molecular weight excluding hydrogens is 256 g/mol. The van der Waals surface area contributed by atoms with E-state index in [0.29, 0.717) is 18.4 Å². The van der Waals surface area contributed by atoms with Crippen LogP contribution in [0.2, 0.25) is 0 Å². The van der Waals surface area contributed by atoms with Gasteiger partial charge >= 0.3 is 5.97 Å². The summed E-state index contributed by atoms with van der Waals surface area (Å²) in [5, 5.41) is 8.17. The molecule has 1 N–H and O–H groups in total. The van der Waals surface area contributed by atoms with Crippen LogP contribution in [-0.4, -0.2) is 35.7 Å². The van der Waals surface area contributed by atoms with Crippen molar-refractivity contribution in [3.8, 4) is 11.8 Å². The lowest BCUT2D eigenvalue weighted by atomic mass is 10.2. The first-order chi connectivity index (χ1) is 8.39. The monoisotopic (exact) mass is 268 g/mol. The van der Waals surface area contributed by atoms with Gasteiger partial charge in [0.2, 0.25) is 15.0 Å². The molecule has 0 amide bonds. The van der Waals surface area contributed by atoms with Crippen molar-refractivity contribution in [2.24, 2.45) is 0 Å². The highest BCUT2D eigenvalue weighted by atomic mass is 32.2. The van der Waals surface area contributed by atoms with Crippen LogP contribution in [0, 0.1) is 11.8 Å². The molecule has 7 heteroatoms. The fourth-order valence-electron chi connectivity index (χ4n) is 1.06. The summed E-state index contributed by atoms with van der Waals surface area (Å²) in [5.41, 5.74) is 0.498. The highest BCUT2D eigenvalue weighted by Gasteiger charge is 2.09. The molecule has 0 aliphatic rings. The largest absolute Gasteiger partial charge is 0.481 e. The number of sulfone groups is 1. The minimum Gasteiger partial charge on any atom is -0.481 e. The fraction of sp³-hybridized carbons (Fsp3) is 0.364. The van der Waals surface area contributed by atoms with E-state index < -0.39 is 15.8 Å². The molecule has 1 aromatic heterocycles. The quantitative estimate of drug-likeness (QED) is 0.485. The van der Waals surface area contributed by atoms with Crippen LogP contribution < -0.4 is 0 Å². The van der Waals surface area contributed by atoms with Gasteiger partial charge in [0.05, 0.1) is 5.56 Å².